The number of aryl methyl sites for hydroxylation is 2. The van der Waals surface area contributed by atoms with Crippen LogP contribution in [0.15, 0.2) is 30.6 Å². The van der Waals surface area contributed by atoms with Gasteiger partial charge in [0.1, 0.15) is 0 Å². The zero-order chi connectivity index (χ0) is 18.8. The Bertz CT molecular complexity index is 964. The summed E-state index contributed by atoms with van der Waals surface area (Å²) in [6.45, 7) is 6.79. The van der Waals surface area contributed by atoms with Crippen molar-refractivity contribution in [2.75, 3.05) is 26.0 Å². The molecule has 1 N–H and O–H groups in total. The van der Waals surface area contributed by atoms with E-state index in [9.17, 15) is 4.79 Å². The number of carbonyl (C=O) groups excluding carboxylic acids is 1. The van der Waals surface area contributed by atoms with Crippen LogP contribution in [-0.2, 0) is 0 Å². The molecule has 0 unspecified atom stereocenters. The van der Waals surface area contributed by atoms with E-state index in [0.29, 0.717) is 17.2 Å². The van der Waals surface area contributed by atoms with Crippen molar-refractivity contribution in [3.05, 3.63) is 47.3 Å². The van der Waals surface area contributed by atoms with E-state index in [-0.39, 0.29) is 5.91 Å². The number of aromatic nitrogens is 3. The van der Waals surface area contributed by atoms with Gasteiger partial charge in [0.2, 0.25) is 5.95 Å². The van der Waals surface area contributed by atoms with Gasteiger partial charge in [-0.2, -0.15) is 0 Å². The first-order valence-corrected chi connectivity index (χ1v) is 8.60. The van der Waals surface area contributed by atoms with Crippen molar-refractivity contribution in [2.45, 2.75) is 20.8 Å². The summed E-state index contributed by atoms with van der Waals surface area (Å²) in [5.74, 6) is 0.532. The van der Waals surface area contributed by atoms with Gasteiger partial charge in [-0.05, 0) is 44.0 Å². The summed E-state index contributed by atoms with van der Waals surface area (Å²) < 4.78 is 0. The lowest BCUT2D eigenvalue weighted by molar-refractivity contribution is 0.0829. The average molecular weight is 349 g/mol. The number of fused-ring (bicyclic) bond motifs is 1. The second-order valence-corrected chi connectivity index (χ2v) is 6.56. The molecule has 1 amide bonds. The molecule has 0 atom stereocenters. The van der Waals surface area contributed by atoms with Crippen molar-refractivity contribution in [1.29, 1.82) is 0 Å². The summed E-state index contributed by atoms with van der Waals surface area (Å²) in [6, 6.07) is 5.91. The molecule has 26 heavy (non-hydrogen) atoms. The summed E-state index contributed by atoms with van der Waals surface area (Å²) >= 11 is 0. The highest BCUT2D eigenvalue weighted by molar-refractivity contribution is 6.08. The van der Waals surface area contributed by atoms with E-state index in [4.69, 9.17) is 4.98 Å². The number of nitrogens with one attached hydrogen (secondary N) is 1. The first-order valence-electron chi connectivity index (χ1n) is 8.60. The molecule has 3 rings (SSSR count). The minimum absolute atomic E-state index is 0.0456. The van der Waals surface area contributed by atoms with Crippen molar-refractivity contribution in [1.82, 2.24) is 19.9 Å². The highest BCUT2D eigenvalue weighted by Gasteiger charge is 2.17. The molecule has 1 aromatic carbocycles. The van der Waals surface area contributed by atoms with E-state index in [0.717, 1.165) is 34.1 Å². The second-order valence-electron chi connectivity index (χ2n) is 6.56. The minimum Gasteiger partial charge on any atom is -0.355 e. The first-order chi connectivity index (χ1) is 12.4. The third-order valence-electron chi connectivity index (χ3n) is 4.17. The van der Waals surface area contributed by atoms with Crippen LogP contribution in [0.25, 0.3) is 22.2 Å². The Kier molecular flexibility index (Phi) is 4.84. The molecule has 0 aliphatic heterocycles. The molecular weight excluding hydrogens is 326 g/mol. The van der Waals surface area contributed by atoms with E-state index >= 15 is 0 Å². The number of amides is 1. The van der Waals surface area contributed by atoms with E-state index < -0.39 is 0 Å². The van der Waals surface area contributed by atoms with Gasteiger partial charge in [-0.25, -0.2) is 15.0 Å². The molecule has 3 aromatic rings. The highest BCUT2D eigenvalue weighted by Crippen LogP contribution is 2.28. The molecule has 0 saturated heterocycles. The number of hydrogen-bond donors (Lipinski definition) is 1. The first kappa shape index (κ1) is 17.8. The normalized spacial score (nSPS) is 10.8. The number of carbonyl (C=O) groups is 1. The maximum absolute atomic E-state index is 12.8. The Labute approximate surface area is 153 Å². The quantitative estimate of drug-likeness (QED) is 0.781. The maximum atomic E-state index is 12.8. The van der Waals surface area contributed by atoms with Gasteiger partial charge < -0.3 is 10.2 Å². The monoisotopic (exact) mass is 349 g/mol. The van der Waals surface area contributed by atoms with Gasteiger partial charge in [-0.15, -0.1) is 0 Å². The summed E-state index contributed by atoms with van der Waals surface area (Å²) in [7, 11) is 3.51. The standard InChI is InChI=1S/C20H23N5O/c1-6-21-20-22-10-14(11-23-20)16-9-15(19(26)25(4)5)18-13(3)7-12(2)8-17(18)24-16/h7-11H,6H2,1-5H3,(H,21,22,23). The zero-order valence-corrected chi connectivity index (χ0v) is 15.8. The summed E-state index contributed by atoms with van der Waals surface area (Å²) in [5, 5.41) is 3.96. The third kappa shape index (κ3) is 3.35. The predicted octanol–water partition coefficient (Wildman–Crippen LogP) is 3.44. The minimum atomic E-state index is -0.0456. The molecule has 0 saturated carbocycles. The lowest BCUT2D eigenvalue weighted by Gasteiger charge is -2.16. The largest absolute Gasteiger partial charge is 0.355 e. The van der Waals surface area contributed by atoms with E-state index in [1.807, 2.05) is 32.9 Å². The molecule has 2 heterocycles. The Morgan fingerprint density at radius 2 is 1.81 bits per heavy atom. The molecule has 0 spiro atoms. The Hall–Kier alpha value is -3.02. The van der Waals surface area contributed by atoms with Gasteiger partial charge >= 0.3 is 0 Å². The molecule has 2 aromatic heterocycles. The van der Waals surface area contributed by atoms with Gasteiger partial charge in [0, 0.05) is 44.0 Å². The third-order valence-corrected chi connectivity index (χ3v) is 4.17. The van der Waals surface area contributed by atoms with Crippen LogP contribution in [0.2, 0.25) is 0 Å². The van der Waals surface area contributed by atoms with Crippen LogP contribution in [0.1, 0.15) is 28.4 Å². The fourth-order valence-electron chi connectivity index (χ4n) is 3.02. The van der Waals surface area contributed by atoms with Crippen LogP contribution >= 0.6 is 0 Å². The van der Waals surface area contributed by atoms with Gasteiger partial charge in [0.15, 0.2) is 0 Å². The average Bonchev–Trinajstić information content (AvgIpc) is 2.60. The van der Waals surface area contributed by atoms with Crippen LogP contribution in [0.3, 0.4) is 0 Å². The predicted molar refractivity (Wildman–Crippen MR) is 104 cm³/mol. The molecule has 6 heteroatoms. The SMILES string of the molecule is CCNc1ncc(-c2cc(C(=O)N(C)C)c3c(C)cc(C)cc3n2)cn1. The maximum Gasteiger partial charge on any atom is 0.254 e. The van der Waals surface area contributed by atoms with E-state index in [2.05, 4.69) is 21.4 Å². The molecule has 0 aliphatic rings. The zero-order valence-electron chi connectivity index (χ0n) is 15.8. The lowest BCUT2D eigenvalue weighted by atomic mass is 9.99. The molecule has 0 aliphatic carbocycles. The molecule has 6 nitrogen and oxygen atoms in total. The Morgan fingerprint density at radius 3 is 2.42 bits per heavy atom. The van der Waals surface area contributed by atoms with E-state index in [1.54, 1.807) is 31.4 Å². The van der Waals surface area contributed by atoms with Crippen LogP contribution < -0.4 is 5.32 Å². The smallest absolute Gasteiger partial charge is 0.254 e. The number of benzene rings is 1. The van der Waals surface area contributed by atoms with Crippen molar-refractivity contribution in [2.24, 2.45) is 0 Å². The summed E-state index contributed by atoms with van der Waals surface area (Å²) in [6.07, 6.45) is 3.46. The van der Waals surface area contributed by atoms with Crippen molar-refractivity contribution >= 4 is 22.8 Å². The lowest BCUT2D eigenvalue weighted by Crippen LogP contribution is -2.22. The summed E-state index contributed by atoms with van der Waals surface area (Å²) in [5.41, 5.74) is 5.07. The van der Waals surface area contributed by atoms with Crippen molar-refractivity contribution < 1.29 is 4.79 Å². The van der Waals surface area contributed by atoms with Crippen LogP contribution in [-0.4, -0.2) is 46.4 Å². The number of hydrogen-bond acceptors (Lipinski definition) is 5. The number of pyridine rings is 1. The molecule has 0 fully saturated rings. The Balaban J connectivity index is 2.22. The number of rotatable bonds is 4. The van der Waals surface area contributed by atoms with Crippen molar-refractivity contribution in [3.63, 3.8) is 0 Å². The molecule has 0 bridgehead atoms. The van der Waals surface area contributed by atoms with Gasteiger partial charge in [-0.3, -0.25) is 4.79 Å². The molecular formula is C20H23N5O. The van der Waals surface area contributed by atoms with E-state index in [1.165, 1.54) is 0 Å². The number of anilines is 1. The van der Waals surface area contributed by atoms with Gasteiger partial charge in [0.05, 0.1) is 16.8 Å². The Morgan fingerprint density at radius 1 is 1.12 bits per heavy atom. The fraction of sp³-hybridized carbons (Fsp3) is 0.300. The molecule has 0 radical (unpaired) electrons. The van der Waals surface area contributed by atoms with Crippen molar-refractivity contribution in [3.8, 4) is 11.3 Å². The molecule has 134 valence electrons. The van der Waals surface area contributed by atoms with Gasteiger partial charge in [0.25, 0.3) is 5.91 Å². The van der Waals surface area contributed by atoms with Crippen LogP contribution in [0, 0.1) is 13.8 Å². The van der Waals surface area contributed by atoms with Crippen LogP contribution in [0.4, 0.5) is 5.95 Å². The van der Waals surface area contributed by atoms with Crippen LogP contribution in [0.5, 0.6) is 0 Å². The van der Waals surface area contributed by atoms with Gasteiger partial charge in [-0.1, -0.05) is 6.07 Å². The summed E-state index contributed by atoms with van der Waals surface area (Å²) in [4.78, 5) is 27.8. The topological polar surface area (TPSA) is 71.0 Å². The highest BCUT2D eigenvalue weighted by atomic mass is 16.2. The fourth-order valence-corrected chi connectivity index (χ4v) is 3.02. The number of nitrogens with zero attached hydrogens (tertiary/aromatic N) is 4. The second kappa shape index (κ2) is 7.07.